The van der Waals surface area contributed by atoms with Gasteiger partial charge in [0.1, 0.15) is 0 Å². The van der Waals surface area contributed by atoms with Crippen molar-refractivity contribution in [1.82, 2.24) is 15.6 Å². The quantitative estimate of drug-likeness (QED) is 0.135. The van der Waals surface area contributed by atoms with Gasteiger partial charge in [-0.25, -0.2) is 4.79 Å². The molecule has 0 radical (unpaired) electrons. The molecule has 0 bridgehead atoms. The van der Waals surface area contributed by atoms with Crippen molar-refractivity contribution in [2.75, 3.05) is 31.7 Å². The normalized spacial score (nSPS) is 12.1. The van der Waals surface area contributed by atoms with Crippen molar-refractivity contribution in [3.8, 4) is 0 Å². The van der Waals surface area contributed by atoms with Crippen LogP contribution in [0.15, 0.2) is 24.5 Å². The molecule has 1 heterocycles. The van der Waals surface area contributed by atoms with E-state index in [4.69, 9.17) is 8.92 Å². The Bertz CT molecular complexity index is 661. The van der Waals surface area contributed by atoms with Gasteiger partial charge in [0.15, 0.2) is 6.10 Å². The number of pyridine rings is 1. The number of rotatable bonds is 13. The molecule has 0 spiro atoms. The van der Waals surface area contributed by atoms with E-state index in [-0.39, 0.29) is 31.0 Å². The lowest BCUT2D eigenvalue weighted by Gasteiger charge is -2.32. The van der Waals surface area contributed by atoms with Gasteiger partial charge in [0.25, 0.3) is 5.91 Å². The molecule has 0 aliphatic heterocycles. The third kappa shape index (κ3) is 9.75. The van der Waals surface area contributed by atoms with Gasteiger partial charge in [0.2, 0.25) is 5.91 Å². The average molecular weight is 462 g/mol. The van der Waals surface area contributed by atoms with Crippen LogP contribution in [0.5, 0.6) is 0 Å². The number of amides is 2. The second kappa shape index (κ2) is 13.7. The minimum Gasteiger partial charge on any atom is -0.448 e. The van der Waals surface area contributed by atoms with E-state index >= 15 is 0 Å². The van der Waals surface area contributed by atoms with Gasteiger partial charge in [0, 0.05) is 43.1 Å². The summed E-state index contributed by atoms with van der Waals surface area (Å²) in [7, 11) is 1.42. The molecular formula is C18H27N3O5S3. The van der Waals surface area contributed by atoms with Gasteiger partial charge in [-0.15, -0.1) is 0 Å². The van der Waals surface area contributed by atoms with Crippen molar-refractivity contribution >= 4 is 52.3 Å². The van der Waals surface area contributed by atoms with Crippen molar-refractivity contribution in [1.29, 1.82) is 0 Å². The number of hydrogen-bond donors (Lipinski definition) is 3. The van der Waals surface area contributed by atoms with Crippen LogP contribution in [-0.2, 0) is 18.5 Å². The Kier molecular flexibility index (Phi) is 12.1. The highest BCUT2D eigenvalue weighted by Crippen LogP contribution is 2.29. The van der Waals surface area contributed by atoms with Crippen molar-refractivity contribution in [2.24, 2.45) is 5.41 Å². The first kappa shape index (κ1) is 25.6. The fraction of sp³-hybridized carbons (Fsp3) is 0.556. The number of ether oxygens (including phenoxy) is 1. The molecule has 0 aromatic carbocycles. The molecule has 1 unspecified atom stereocenters. The van der Waals surface area contributed by atoms with Crippen LogP contribution in [0.3, 0.4) is 0 Å². The van der Waals surface area contributed by atoms with Gasteiger partial charge in [0.05, 0.1) is 23.2 Å². The second-order valence-corrected chi connectivity index (χ2v) is 9.19. The number of aromatic nitrogens is 1. The molecule has 1 aromatic heterocycles. The summed E-state index contributed by atoms with van der Waals surface area (Å²) in [5.41, 5.74) is -0.564. The Morgan fingerprint density at radius 3 is 2.66 bits per heavy atom. The first-order valence-corrected chi connectivity index (χ1v) is 12.0. The molecule has 0 fully saturated rings. The summed E-state index contributed by atoms with van der Waals surface area (Å²) in [6, 6.07) is 3.17. The van der Waals surface area contributed by atoms with E-state index in [9.17, 15) is 14.4 Å². The molecular weight excluding hydrogens is 434 g/mol. The Hall–Kier alpha value is -1.43. The monoisotopic (exact) mass is 461 g/mol. The zero-order valence-corrected chi connectivity index (χ0v) is 19.2. The lowest BCUT2D eigenvalue weighted by molar-refractivity contribution is -0.137. The fourth-order valence-corrected chi connectivity index (χ4v) is 3.19. The maximum Gasteiger partial charge on any atom is 0.340 e. The van der Waals surface area contributed by atoms with Crippen LogP contribution in [-0.4, -0.2) is 60.6 Å². The number of carbonyl (C=O) groups is 3. The molecule has 0 saturated carbocycles. The lowest BCUT2D eigenvalue weighted by atomic mass is 9.86. The minimum atomic E-state index is -1.11. The largest absolute Gasteiger partial charge is 0.448 e. The second-order valence-electron chi connectivity index (χ2n) is 6.63. The molecule has 1 atom stereocenters. The zero-order valence-electron chi connectivity index (χ0n) is 16.7. The molecule has 2 N–H and O–H groups in total. The number of thiol groups is 1. The molecule has 1 rings (SSSR count). The summed E-state index contributed by atoms with van der Waals surface area (Å²) >= 11 is 5.21. The minimum absolute atomic E-state index is 0.113. The van der Waals surface area contributed by atoms with E-state index < -0.39 is 23.4 Å². The summed E-state index contributed by atoms with van der Waals surface area (Å²) < 4.78 is 11.0. The maximum absolute atomic E-state index is 12.8. The highest BCUT2D eigenvalue weighted by molar-refractivity contribution is 8.74. The molecule has 0 aliphatic carbocycles. The van der Waals surface area contributed by atoms with Crippen LogP contribution in [0.4, 0.5) is 0 Å². The molecule has 29 heavy (non-hydrogen) atoms. The van der Waals surface area contributed by atoms with Crippen molar-refractivity contribution in [2.45, 2.75) is 26.4 Å². The number of esters is 1. The highest BCUT2D eigenvalue weighted by atomic mass is 33.1. The van der Waals surface area contributed by atoms with Gasteiger partial charge in [-0.2, -0.15) is 12.6 Å². The van der Waals surface area contributed by atoms with E-state index in [2.05, 4.69) is 28.2 Å². The van der Waals surface area contributed by atoms with Crippen LogP contribution >= 0.6 is 34.5 Å². The van der Waals surface area contributed by atoms with Gasteiger partial charge in [-0.1, -0.05) is 24.6 Å². The van der Waals surface area contributed by atoms with Crippen molar-refractivity contribution in [3.63, 3.8) is 0 Å². The van der Waals surface area contributed by atoms with E-state index in [1.54, 1.807) is 26.0 Å². The fourth-order valence-electron chi connectivity index (χ4n) is 2.20. The molecule has 2 amide bonds. The third-order valence-electron chi connectivity index (χ3n) is 3.70. The predicted molar refractivity (Wildman–Crippen MR) is 119 cm³/mol. The van der Waals surface area contributed by atoms with Crippen LogP contribution in [0.2, 0.25) is 0 Å². The van der Waals surface area contributed by atoms with Gasteiger partial charge >= 0.3 is 5.97 Å². The molecule has 0 aliphatic rings. The molecule has 1 aromatic rings. The standard InChI is InChI=1S/C18H27N3O5S3/c1-18(2,12-25-29-28-3)15(26-17(24)13-5-4-7-19-11-13)16(23)21-8-6-14(22)20-9-10-27/h4-5,7,11,15,27H,6,8-10,12H2,1-3H3,(H,20,22)(H,21,23). The summed E-state index contributed by atoms with van der Waals surface area (Å²) in [6.45, 7) is 4.30. The smallest absolute Gasteiger partial charge is 0.340 e. The third-order valence-corrected chi connectivity index (χ3v) is 4.97. The summed E-state index contributed by atoms with van der Waals surface area (Å²) in [4.78, 5) is 40.8. The Labute approximate surface area is 184 Å². The maximum atomic E-state index is 12.8. The molecule has 8 nitrogen and oxygen atoms in total. The van der Waals surface area contributed by atoms with E-state index in [1.165, 1.54) is 34.3 Å². The van der Waals surface area contributed by atoms with Crippen LogP contribution in [0.25, 0.3) is 0 Å². The zero-order chi connectivity index (χ0) is 21.7. The summed E-state index contributed by atoms with van der Waals surface area (Å²) in [5.74, 6) is -0.809. The number of carbonyl (C=O) groups excluding carboxylic acids is 3. The summed E-state index contributed by atoms with van der Waals surface area (Å²) in [6.07, 6.45) is 3.77. The molecule has 11 heteroatoms. The number of nitrogens with one attached hydrogen (secondary N) is 2. The van der Waals surface area contributed by atoms with Crippen LogP contribution in [0, 0.1) is 5.41 Å². The first-order chi connectivity index (χ1) is 13.8. The van der Waals surface area contributed by atoms with Gasteiger partial charge in [-0.05, 0) is 18.4 Å². The first-order valence-electron chi connectivity index (χ1n) is 8.90. The van der Waals surface area contributed by atoms with E-state index in [0.29, 0.717) is 12.3 Å². The van der Waals surface area contributed by atoms with Gasteiger partial charge < -0.3 is 19.6 Å². The number of nitrogens with zero attached hydrogens (tertiary/aromatic N) is 1. The SMILES string of the molecule is CSSOCC(C)(C)C(OC(=O)c1cccnc1)C(=O)NCCC(=O)NCCS. The Morgan fingerprint density at radius 2 is 2.03 bits per heavy atom. The highest BCUT2D eigenvalue weighted by Gasteiger charge is 2.39. The molecule has 162 valence electrons. The predicted octanol–water partition coefficient (Wildman–Crippen LogP) is 2.13. The van der Waals surface area contributed by atoms with Crippen molar-refractivity contribution in [3.05, 3.63) is 30.1 Å². The Morgan fingerprint density at radius 1 is 1.28 bits per heavy atom. The lowest BCUT2D eigenvalue weighted by Crippen LogP contribution is -2.49. The van der Waals surface area contributed by atoms with E-state index in [0.717, 1.165) is 0 Å². The van der Waals surface area contributed by atoms with E-state index in [1.807, 2.05) is 6.26 Å². The number of hydrogen-bond acceptors (Lipinski definition) is 9. The molecule has 0 saturated heterocycles. The topological polar surface area (TPSA) is 107 Å². The summed E-state index contributed by atoms with van der Waals surface area (Å²) in [5, 5.41) is 5.33. The van der Waals surface area contributed by atoms with Crippen LogP contribution in [0.1, 0.15) is 30.6 Å². The van der Waals surface area contributed by atoms with Crippen molar-refractivity contribution < 1.29 is 23.3 Å². The van der Waals surface area contributed by atoms with Crippen LogP contribution < -0.4 is 10.6 Å². The average Bonchev–Trinajstić information content (AvgIpc) is 2.70. The Balaban J connectivity index is 2.79. The van der Waals surface area contributed by atoms with Gasteiger partial charge in [-0.3, -0.25) is 14.6 Å².